The number of piperazine rings is 1. The van der Waals surface area contributed by atoms with Crippen LogP contribution in [-0.4, -0.2) is 54.7 Å². The van der Waals surface area contributed by atoms with Crippen LogP contribution in [0.1, 0.15) is 21.6 Å². The first-order valence-electron chi connectivity index (χ1n) is 10.0. The molecule has 3 aromatic rings. The molecule has 6 nitrogen and oxygen atoms in total. The summed E-state index contributed by atoms with van der Waals surface area (Å²) in [5.41, 5.74) is 0.145. The number of aromatic nitrogens is 1. The number of benzene rings is 2. The van der Waals surface area contributed by atoms with Gasteiger partial charge in [0.15, 0.2) is 0 Å². The number of carbonyl (C=O) groups excluding carboxylic acids is 1. The summed E-state index contributed by atoms with van der Waals surface area (Å²) in [6.45, 7) is 1.66. The zero-order valence-corrected chi connectivity index (χ0v) is 18.3. The van der Waals surface area contributed by atoms with E-state index in [4.69, 9.17) is 0 Å². The molecule has 11 heteroatoms. The fraction of sp³-hybridized carbons (Fsp3) is 0.273. The van der Waals surface area contributed by atoms with Gasteiger partial charge in [0, 0.05) is 43.3 Å². The van der Waals surface area contributed by atoms with E-state index in [1.807, 2.05) is 0 Å². The molecule has 33 heavy (non-hydrogen) atoms. The van der Waals surface area contributed by atoms with Crippen molar-refractivity contribution in [3.63, 3.8) is 0 Å². The highest BCUT2D eigenvalue weighted by Gasteiger charge is 2.34. The predicted octanol–water partition coefficient (Wildman–Crippen LogP) is 3.85. The number of alkyl halides is 3. The Bertz CT molecular complexity index is 1330. The fourth-order valence-electron chi connectivity index (χ4n) is 3.79. The van der Waals surface area contributed by atoms with E-state index in [9.17, 15) is 30.8 Å². The second-order valence-electron chi connectivity index (χ2n) is 7.69. The summed E-state index contributed by atoms with van der Waals surface area (Å²) in [6.07, 6.45) is -4.66. The van der Waals surface area contributed by atoms with Gasteiger partial charge in [-0.25, -0.2) is 12.8 Å². The van der Waals surface area contributed by atoms with E-state index >= 15 is 0 Å². The van der Waals surface area contributed by atoms with E-state index < -0.39 is 32.5 Å². The molecule has 0 radical (unpaired) electrons. The van der Waals surface area contributed by atoms with Crippen LogP contribution in [-0.2, 0) is 16.2 Å². The minimum absolute atomic E-state index is 0.0566. The maximum absolute atomic E-state index is 13.6. The monoisotopic (exact) mass is 481 g/mol. The van der Waals surface area contributed by atoms with E-state index in [0.717, 1.165) is 22.5 Å². The quantitative estimate of drug-likeness (QED) is 0.533. The van der Waals surface area contributed by atoms with Crippen LogP contribution < -0.4 is 0 Å². The molecule has 0 unspecified atom stereocenters. The van der Waals surface area contributed by atoms with E-state index in [0.29, 0.717) is 28.2 Å². The first-order valence-corrected chi connectivity index (χ1v) is 11.4. The van der Waals surface area contributed by atoms with E-state index in [1.54, 1.807) is 13.0 Å². The molecule has 4 rings (SSSR count). The topological polar surface area (TPSA) is 70.6 Å². The molecule has 0 aliphatic carbocycles. The van der Waals surface area contributed by atoms with Gasteiger partial charge in [-0.2, -0.15) is 17.5 Å². The lowest BCUT2D eigenvalue weighted by Gasteiger charge is -2.34. The second-order valence-corrected chi connectivity index (χ2v) is 9.63. The number of halogens is 4. The number of carbonyl (C=O) groups is 1. The van der Waals surface area contributed by atoms with Gasteiger partial charge in [0.2, 0.25) is 10.0 Å². The normalized spacial score (nSPS) is 15.7. The fourth-order valence-corrected chi connectivity index (χ4v) is 5.26. The average molecular weight is 481 g/mol. The molecule has 1 fully saturated rings. The van der Waals surface area contributed by atoms with Gasteiger partial charge in [-0.3, -0.25) is 9.78 Å². The van der Waals surface area contributed by atoms with Gasteiger partial charge in [-0.15, -0.1) is 0 Å². The maximum atomic E-state index is 13.6. The number of rotatable bonds is 3. The Morgan fingerprint density at radius 1 is 1.00 bits per heavy atom. The van der Waals surface area contributed by atoms with Crippen molar-refractivity contribution < 1.29 is 30.8 Å². The molecule has 1 amide bonds. The highest BCUT2D eigenvalue weighted by atomic mass is 32.2. The van der Waals surface area contributed by atoms with Crippen LogP contribution in [0.4, 0.5) is 17.6 Å². The Labute approximate surface area is 187 Å². The summed E-state index contributed by atoms with van der Waals surface area (Å²) in [5, 5.41) is 0.478. The lowest BCUT2D eigenvalue weighted by atomic mass is 10.1. The third-order valence-corrected chi connectivity index (χ3v) is 7.35. The van der Waals surface area contributed by atoms with E-state index in [2.05, 4.69) is 4.98 Å². The Kier molecular flexibility index (Phi) is 5.87. The van der Waals surface area contributed by atoms with Gasteiger partial charge in [-0.05, 0) is 43.3 Å². The molecule has 0 bridgehead atoms. The van der Waals surface area contributed by atoms with Crippen LogP contribution >= 0.6 is 0 Å². The first-order chi connectivity index (χ1) is 15.5. The molecule has 2 aromatic carbocycles. The molecule has 1 aromatic heterocycles. The molecule has 2 heterocycles. The van der Waals surface area contributed by atoms with E-state index in [-0.39, 0.29) is 32.1 Å². The van der Waals surface area contributed by atoms with Gasteiger partial charge in [0.25, 0.3) is 5.91 Å². The van der Waals surface area contributed by atoms with Crippen LogP contribution in [0, 0.1) is 12.7 Å². The summed E-state index contributed by atoms with van der Waals surface area (Å²) in [4.78, 5) is 18.4. The molecule has 1 saturated heterocycles. The van der Waals surface area contributed by atoms with Crippen molar-refractivity contribution in [2.75, 3.05) is 26.2 Å². The minimum atomic E-state index is -4.66. The Balaban J connectivity index is 1.54. The molecular weight excluding hydrogens is 462 g/mol. The van der Waals surface area contributed by atoms with Crippen LogP contribution in [0.25, 0.3) is 10.9 Å². The number of amides is 1. The second kappa shape index (κ2) is 8.38. The summed E-state index contributed by atoms with van der Waals surface area (Å²) >= 11 is 0. The third-order valence-electron chi connectivity index (χ3n) is 5.46. The van der Waals surface area contributed by atoms with Gasteiger partial charge >= 0.3 is 6.18 Å². The standard InChI is InChI=1S/C22H19F4N3O3S/c1-14-11-19(18-6-5-16(23)13-20(18)27-14)21(30)28-7-9-29(10-8-28)33(31,32)17-4-2-3-15(12-17)22(24,25)26/h2-6,11-13H,7-10H2,1H3. The summed E-state index contributed by atoms with van der Waals surface area (Å²) in [7, 11) is -4.16. The van der Waals surface area contributed by atoms with Crippen LogP contribution in [0.3, 0.4) is 0 Å². The predicted molar refractivity (Wildman–Crippen MR) is 113 cm³/mol. The number of fused-ring (bicyclic) bond motifs is 1. The number of nitrogens with zero attached hydrogens (tertiary/aromatic N) is 3. The van der Waals surface area contributed by atoms with Crippen molar-refractivity contribution in [2.45, 2.75) is 18.0 Å². The van der Waals surface area contributed by atoms with Crippen LogP contribution in [0.5, 0.6) is 0 Å². The van der Waals surface area contributed by atoms with Crippen molar-refractivity contribution in [3.8, 4) is 0 Å². The summed E-state index contributed by atoms with van der Waals surface area (Å²) in [5.74, 6) is -0.833. The van der Waals surface area contributed by atoms with Gasteiger partial charge in [0.05, 0.1) is 21.5 Å². The molecule has 0 N–H and O–H groups in total. The maximum Gasteiger partial charge on any atom is 0.416 e. The Morgan fingerprint density at radius 2 is 1.70 bits per heavy atom. The third kappa shape index (κ3) is 4.55. The zero-order chi connectivity index (χ0) is 24.0. The molecule has 1 aliphatic rings. The highest BCUT2D eigenvalue weighted by Crippen LogP contribution is 2.31. The minimum Gasteiger partial charge on any atom is -0.336 e. The van der Waals surface area contributed by atoms with Crippen LogP contribution in [0.15, 0.2) is 53.4 Å². The summed E-state index contributed by atoms with van der Waals surface area (Å²) in [6, 6.07) is 9.12. The van der Waals surface area contributed by atoms with Crippen molar-refractivity contribution in [1.82, 2.24) is 14.2 Å². The number of hydrogen-bond acceptors (Lipinski definition) is 4. The number of aryl methyl sites for hydroxylation is 1. The average Bonchev–Trinajstić information content (AvgIpc) is 2.77. The van der Waals surface area contributed by atoms with Gasteiger partial charge in [-0.1, -0.05) is 6.07 Å². The Morgan fingerprint density at radius 3 is 2.36 bits per heavy atom. The Hall–Kier alpha value is -3.05. The van der Waals surface area contributed by atoms with Crippen molar-refractivity contribution in [2.24, 2.45) is 0 Å². The van der Waals surface area contributed by atoms with Gasteiger partial charge in [0.1, 0.15) is 5.82 Å². The molecule has 0 atom stereocenters. The SMILES string of the molecule is Cc1cc(C(=O)N2CCN(S(=O)(=O)c3cccc(C(F)(F)F)c3)CC2)c2ccc(F)cc2n1. The summed E-state index contributed by atoms with van der Waals surface area (Å²) < 4.78 is 79.3. The number of sulfonamides is 1. The van der Waals surface area contributed by atoms with Gasteiger partial charge < -0.3 is 4.90 Å². The molecule has 0 spiro atoms. The molecule has 0 saturated carbocycles. The smallest absolute Gasteiger partial charge is 0.336 e. The first kappa shape index (κ1) is 23.1. The van der Waals surface area contributed by atoms with E-state index in [1.165, 1.54) is 23.1 Å². The molecular formula is C22H19F4N3O3S. The number of pyridine rings is 1. The van der Waals surface area contributed by atoms with Crippen molar-refractivity contribution >= 4 is 26.8 Å². The largest absolute Gasteiger partial charge is 0.416 e. The lowest BCUT2D eigenvalue weighted by molar-refractivity contribution is -0.137. The van der Waals surface area contributed by atoms with Crippen molar-refractivity contribution in [3.05, 3.63) is 71.2 Å². The highest BCUT2D eigenvalue weighted by molar-refractivity contribution is 7.89. The number of hydrogen-bond donors (Lipinski definition) is 0. The van der Waals surface area contributed by atoms with Crippen molar-refractivity contribution in [1.29, 1.82) is 0 Å². The molecule has 174 valence electrons. The zero-order valence-electron chi connectivity index (χ0n) is 17.4. The lowest BCUT2D eigenvalue weighted by Crippen LogP contribution is -2.50. The van der Waals surface area contributed by atoms with Crippen LogP contribution in [0.2, 0.25) is 0 Å². The molecule has 1 aliphatic heterocycles.